The van der Waals surface area contributed by atoms with Crippen LogP contribution in [0.5, 0.6) is 11.5 Å². The summed E-state index contributed by atoms with van der Waals surface area (Å²) in [6.07, 6.45) is 5.88. The lowest BCUT2D eigenvalue weighted by Gasteiger charge is -2.29. The van der Waals surface area contributed by atoms with Crippen molar-refractivity contribution in [3.05, 3.63) is 113 Å². The molecule has 6 heteroatoms. The van der Waals surface area contributed by atoms with Crippen molar-refractivity contribution in [2.24, 2.45) is 0 Å². The van der Waals surface area contributed by atoms with Gasteiger partial charge in [-0.2, -0.15) is 0 Å². The molecular formula is C31H30N2O4. The van der Waals surface area contributed by atoms with E-state index in [4.69, 9.17) is 9.47 Å². The standard InChI is InChI=1S/C31H30N2O4/c1-3-26-27(31(34)35)11-6-12-28(26)33(20-21-8-7-15-32-19-21)24-13-14-29(36-2)30(18-24)37-25-16-22-9-4-5-10-23(22)17-25/h4-15,18-19,25H,3,16-17,20H2,1-2H3,(H,34,35). The molecule has 1 aliphatic carbocycles. The van der Waals surface area contributed by atoms with Gasteiger partial charge in [0, 0.05) is 49.2 Å². The van der Waals surface area contributed by atoms with Crippen molar-refractivity contribution in [2.75, 3.05) is 12.0 Å². The minimum absolute atomic E-state index is 0.0230. The number of aromatic nitrogens is 1. The Hall–Kier alpha value is -4.32. The third kappa shape index (κ3) is 5.14. The first kappa shape index (κ1) is 24.4. The number of hydrogen-bond donors (Lipinski definition) is 1. The largest absolute Gasteiger partial charge is 0.493 e. The first-order chi connectivity index (χ1) is 18.1. The van der Waals surface area contributed by atoms with Gasteiger partial charge in [0.2, 0.25) is 0 Å². The molecule has 1 N–H and O–H groups in total. The van der Waals surface area contributed by atoms with E-state index in [0.29, 0.717) is 30.0 Å². The number of aromatic carboxylic acids is 1. The Kier molecular flexibility index (Phi) is 7.08. The highest BCUT2D eigenvalue weighted by molar-refractivity contribution is 5.92. The summed E-state index contributed by atoms with van der Waals surface area (Å²) in [5.74, 6) is 0.400. The van der Waals surface area contributed by atoms with E-state index in [1.54, 1.807) is 25.4 Å². The fourth-order valence-electron chi connectivity index (χ4n) is 5.10. The molecule has 0 atom stereocenters. The van der Waals surface area contributed by atoms with E-state index in [9.17, 15) is 9.90 Å². The van der Waals surface area contributed by atoms with Gasteiger partial charge in [0.25, 0.3) is 0 Å². The van der Waals surface area contributed by atoms with Crippen molar-refractivity contribution >= 4 is 17.3 Å². The van der Waals surface area contributed by atoms with E-state index < -0.39 is 5.97 Å². The quantitative estimate of drug-likeness (QED) is 0.297. The number of rotatable bonds is 9. The molecular weight excluding hydrogens is 464 g/mol. The molecule has 188 valence electrons. The first-order valence-electron chi connectivity index (χ1n) is 12.5. The molecule has 0 aliphatic heterocycles. The molecule has 4 aromatic rings. The molecule has 0 fully saturated rings. The van der Waals surface area contributed by atoms with Crippen molar-refractivity contribution < 1.29 is 19.4 Å². The van der Waals surface area contributed by atoms with Gasteiger partial charge in [-0.3, -0.25) is 4.98 Å². The van der Waals surface area contributed by atoms with Gasteiger partial charge in [-0.05, 0) is 59.0 Å². The number of benzene rings is 3. The first-order valence-corrected chi connectivity index (χ1v) is 12.5. The Morgan fingerprint density at radius 2 is 1.78 bits per heavy atom. The van der Waals surface area contributed by atoms with E-state index >= 15 is 0 Å². The lowest BCUT2D eigenvalue weighted by molar-refractivity contribution is 0.0695. The predicted molar refractivity (Wildman–Crippen MR) is 144 cm³/mol. The number of carbonyl (C=O) groups is 1. The van der Waals surface area contributed by atoms with E-state index in [1.165, 1.54) is 11.1 Å². The van der Waals surface area contributed by atoms with Gasteiger partial charge < -0.3 is 19.5 Å². The van der Waals surface area contributed by atoms with Crippen LogP contribution in [-0.2, 0) is 25.8 Å². The zero-order valence-corrected chi connectivity index (χ0v) is 21.1. The zero-order valence-electron chi connectivity index (χ0n) is 21.1. The summed E-state index contributed by atoms with van der Waals surface area (Å²) >= 11 is 0. The van der Waals surface area contributed by atoms with Crippen LogP contribution in [0.25, 0.3) is 0 Å². The molecule has 37 heavy (non-hydrogen) atoms. The molecule has 0 saturated carbocycles. The maximum absolute atomic E-state index is 12.0. The summed E-state index contributed by atoms with van der Waals surface area (Å²) < 4.78 is 12.2. The zero-order chi connectivity index (χ0) is 25.8. The van der Waals surface area contributed by atoms with Crippen LogP contribution in [0.4, 0.5) is 11.4 Å². The van der Waals surface area contributed by atoms with Crippen LogP contribution in [-0.4, -0.2) is 29.3 Å². The highest BCUT2D eigenvalue weighted by Crippen LogP contribution is 2.39. The van der Waals surface area contributed by atoms with Crippen molar-refractivity contribution in [1.82, 2.24) is 4.98 Å². The molecule has 0 bridgehead atoms. The predicted octanol–water partition coefficient (Wildman–Crippen LogP) is 6.24. The molecule has 1 aliphatic rings. The number of anilines is 2. The van der Waals surface area contributed by atoms with Crippen LogP contribution in [0.1, 0.15) is 39.5 Å². The van der Waals surface area contributed by atoms with E-state index in [1.807, 2.05) is 49.5 Å². The van der Waals surface area contributed by atoms with Crippen molar-refractivity contribution in [1.29, 1.82) is 0 Å². The normalized spacial score (nSPS) is 12.7. The van der Waals surface area contributed by atoms with Gasteiger partial charge >= 0.3 is 5.97 Å². The average Bonchev–Trinajstić information content (AvgIpc) is 3.34. The Morgan fingerprint density at radius 3 is 2.43 bits per heavy atom. The van der Waals surface area contributed by atoms with Gasteiger partial charge in [0.15, 0.2) is 11.5 Å². The number of nitrogens with zero attached hydrogens (tertiary/aromatic N) is 2. The Balaban J connectivity index is 1.55. The second-order valence-electron chi connectivity index (χ2n) is 9.16. The lowest BCUT2D eigenvalue weighted by Crippen LogP contribution is -2.20. The number of carboxylic acid groups (broad SMARTS) is 1. The number of methoxy groups -OCH3 is 1. The Labute approximate surface area is 217 Å². The summed E-state index contributed by atoms with van der Waals surface area (Å²) in [4.78, 5) is 18.4. The third-order valence-electron chi connectivity index (χ3n) is 6.86. The third-order valence-corrected chi connectivity index (χ3v) is 6.86. The Morgan fingerprint density at radius 1 is 1.00 bits per heavy atom. The minimum atomic E-state index is -0.931. The second-order valence-corrected chi connectivity index (χ2v) is 9.16. The minimum Gasteiger partial charge on any atom is -0.493 e. The number of ether oxygens (including phenoxy) is 2. The van der Waals surface area contributed by atoms with E-state index in [0.717, 1.165) is 35.3 Å². The van der Waals surface area contributed by atoms with Crippen LogP contribution in [0.2, 0.25) is 0 Å². The van der Waals surface area contributed by atoms with Crippen LogP contribution >= 0.6 is 0 Å². The number of carboxylic acids is 1. The van der Waals surface area contributed by atoms with Crippen LogP contribution in [0, 0.1) is 0 Å². The molecule has 3 aromatic carbocycles. The van der Waals surface area contributed by atoms with Crippen LogP contribution in [0.15, 0.2) is 85.2 Å². The summed E-state index contributed by atoms with van der Waals surface area (Å²) in [7, 11) is 1.64. The van der Waals surface area contributed by atoms with Crippen LogP contribution < -0.4 is 14.4 Å². The van der Waals surface area contributed by atoms with Crippen LogP contribution in [0.3, 0.4) is 0 Å². The molecule has 0 spiro atoms. The molecule has 0 radical (unpaired) electrons. The van der Waals surface area contributed by atoms with Gasteiger partial charge in [-0.25, -0.2) is 4.79 Å². The van der Waals surface area contributed by atoms with Gasteiger partial charge in [-0.15, -0.1) is 0 Å². The molecule has 0 amide bonds. The number of hydrogen-bond acceptors (Lipinski definition) is 5. The maximum Gasteiger partial charge on any atom is 0.336 e. The van der Waals surface area contributed by atoms with Crippen molar-refractivity contribution in [3.63, 3.8) is 0 Å². The van der Waals surface area contributed by atoms with Gasteiger partial charge in [0.05, 0.1) is 12.7 Å². The van der Waals surface area contributed by atoms with Crippen molar-refractivity contribution in [2.45, 2.75) is 38.8 Å². The van der Waals surface area contributed by atoms with Gasteiger partial charge in [0.1, 0.15) is 6.10 Å². The Bertz CT molecular complexity index is 1380. The summed E-state index contributed by atoms with van der Waals surface area (Å²) in [6.45, 7) is 2.50. The average molecular weight is 495 g/mol. The lowest BCUT2D eigenvalue weighted by atomic mass is 10.0. The maximum atomic E-state index is 12.0. The fraction of sp³-hybridized carbons (Fsp3) is 0.226. The molecule has 0 saturated heterocycles. The topological polar surface area (TPSA) is 71.9 Å². The molecule has 0 unspecified atom stereocenters. The van der Waals surface area contributed by atoms with E-state index in [-0.39, 0.29) is 6.10 Å². The SMILES string of the molecule is CCc1c(C(=O)O)cccc1N(Cc1cccnc1)c1ccc(OC)c(OC2Cc3ccccc3C2)c1. The smallest absolute Gasteiger partial charge is 0.336 e. The highest BCUT2D eigenvalue weighted by Gasteiger charge is 2.25. The molecule has 6 nitrogen and oxygen atoms in total. The fourth-order valence-corrected chi connectivity index (χ4v) is 5.10. The summed E-state index contributed by atoms with van der Waals surface area (Å²) in [6, 6.07) is 23.7. The number of pyridine rings is 1. The molecule has 1 heterocycles. The summed E-state index contributed by atoms with van der Waals surface area (Å²) in [5.41, 5.74) is 6.46. The van der Waals surface area contributed by atoms with Crippen molar-refractivity contribution in [3.8, 4) is 11.5 Å². The summed E-state index contributed by atoms with van der Waals surface area (Å²) in [5, 5.41) is 9.84. The number of fused-ring (bicyclic) bond motifs is 1. The second kappa shape index (κ2) is 10.7. The highest BCUT2D eigenvalue weighted by atomic mass is 16.5. The van der Waals surface area contributed by atoms with E-state index in [2.05, 4.69) is 34.1 Å². The molecule has 1 aromatic heterocycles. The molecule has 5 rings (SSSR count). The monoisotopic (exact) mass is 494 g/mol. The van der Waals surface area contributed by atoms with Gasteiger partial charge in [-0.1, -0.05) is 43.3 Å².